The van der Waals surface area contributed by atoms with Crippen LogP contribution < -0.4 is 0 Å². The molecule has 0 fully saturated rings. The lowest BCUT2D eigenvalue weighted by Gasteiger charge is -1.95. The van der Waals surface area contributed by atoms with Gasteiger partial charge in [0.25, 0.3) is 0 Å². The summed E-state index contributed by atoms with van der Waals surface area (Å²) in [7, 11) is 0. The van der Waals surface area contributed by atoms with Crippen molar-refractivity contribution < 1.29 is 4.79 Å². The fourth-order valence-electron chi connectivity index (χ4n) is 0.183. The van der Waals surface area contributed by atoms with Gasteiger partial charge in [-0.2, -0.15) is 12.6 Å². The molecule has 0 saturated heterocycles. The first-order valence-electron chi connectivity index (χ1n) is 2.32. The quantitative estimate of drug-likeness (QED) is 0.538. The molecule has 0 heterocycles. The summed E-state index contributed by atoms with van der Waals surface area (Å²) in [5.74, 6) is 0.735. The molecule has 0 aromatic rings. The topological polar surface area (TPSA) is 17.1 Å². The third-order valence-corrected chi connectivity index (χ3v) is 1.11. The lowest BCUT2D eigenvalue weighted by Crippen LogP contribution is -2.07. The maximum atomic E-state index is 10.4. The number of ketones is 1. The molecule has 0 radical (unpaired) electrons. The molecule has 0 atom stereocenters. The van der Waals surface area contributed by atoms with Crippen molar-refractivity contribution in [3.63, 3.8) is 0 Å². The summed E-state index contributed by atoms with van der Waals surface area (Å²) in [5, 5.41) is 0. The average molecular weight is 118 g/mol. The highest BCUT2D eigenvalue weighted by atomic mass is 32.1. The van der Waals surface area contributed by atoms with Crippen LogP contribution in [0.1, 0.15) is 13.8 Å². The largest absolute Gasteiger partial charge is 0.299 e. The highest BCUT2D eigenvalue weighted by Crippen LogP contribution is 1.93. The van der Waals surface area contributed by atoms with E-state index in [1.54, 1.807) is 0 Å². The number of carbonyl (C=O) groups is 1. The van der Waals surface area contributed by atoms with E-state index in [2.05, 4.69) is 12.6 Å². The van der Waals surface area contributed by atoms with Gasteiger partial charge in [-0.15, -0.1) is 0 Å². The van der Waals surface area contributed by atoms with Crippen molar-refractivity contribution in [2.24, 2.45) is 5.92 Å². The molecule has 1 nitrogen and oxygen atoms in total. The van der Waals surface area contributed by atoms with Crippen LogP contribution in [0.2, 0.25) is 0 Å². The van der Waals surface area contributed by atoms with Crippen LogP contribution in [0.5, 0.6) is 0 Å². The van der Waals surface area contributed by atoms with Crippen LogP contribution in [-0.4, -0.2) is 11.5 Å². The number of Topliss-reactive ketones (excluding diaryl/α,β-unsaturated/α-hetero) is 1. The van der Waals surface area contributed by atoms with Gasteiger partial charge < -0.3 is 0 Å². The second kappa shape index (κ2) is 3.08. The fraction of sp³-hybridized carbons (Fsp3) is 0.800. The normalized spacial score (nSPS) is 9.71. The molecule has 42 valence electrons. The zero-order valence-corrected chi connectivity index (χ0v) is 5.53. The molecule has 0 saturated carbocycles. The van der Waals surface area contributed by atoms with Gasteiger partial charge in [0.1, 0.15) is 5.78 Å². The number of hydrogen-bond donors (Lipinski definition) is 1. The Bertz CT molecular complexity index is 68.5. The molecule has 0 aliphatic carbocycles. The molecule has 0 amide bonds. The van der Waals surface area contributed by atoms with E-state index in [1.165, 1.54) is 0 Å². The zero-order chi connectivity index (χ0) is 5.86. The fourth-order valence-corrected chi connectivity index (χ4v) is 0.548. The summed E-state index contributed by atoms with van der Waals surface area (Å²) in [6.07, 6.45) is 0. The van der Waals surface area contributed by atoms with E-state index < -0.39 is 0 Å². The van der Waals surface area contributed by atoms with E-state index in [1.807, 2.05) is 13.8 Å². The number of thiol groups is 1. The summed E-state index contributed by atoms with van der Waals surface area (Å²) < 4.78 is 0. The Morgan fingerprint density at radius 2 is 2.14 bits per heavy atom. The summed E-state index contributed by atoms with van der Waals surface area (Å²) in [5.41, 5.74) is 0. The van der Waals surface area contributed by atoms with Gasteiger partial charge in [0.2, 0.25) is 0 Å². The van der Waals surface area contributed by atoms with Crippen LogP contribution in [0.25, 0.3) is 0 Å². The van der Waals surface area contributed by atoms with Crippen molar-refractivity contribution in [1.82, 2.24) is 0 Å². The van der Waals surface area contributed by atoms with Gasteiger partial charge in [0.05, 0.1) is 0 Å². The maximum Gasteiger partial charge on any atom is 0.144 e. The standard InChI is InChI=1S/C5H10OS/c1-4(2)5(6)3-7/h4,7H,3H2,1-2H3. The van der Waals surface area contributed by atoms with Gasteiger partial charge in [-0.05, 0) is 0 Å². The number of hydrogen-bond acceptors (Lipinski definition) is 2. The van der Waals surface area contributed by atoms with Gasteiger partial charge in [0.15, 0.2) is 0 Å². The molecule has 0 aliphatic heterocycles. The van der Waals surface area contributed by atoms with Crippen LogP contribution in [0.4, 0.5) is 0 Å². The Labute approximate surface area is 49.5 Å². The van der Waals surface area contributed by atoms with Gasteiger partial charge in [0, 0.05) is 11.7 Å². The minimum absolute atomic E-state index is 0.150. The van der Waals surface area contributed by atoms with Crippen molar-refractivity contribution in [3.8, 4) is 0 Å². The first-order chi connectivity index (χ1) is 3.18. The highest BCUT2D eigenvalue weighted by molar-refractivity contribution is 7.81. The molecule has 0 rings (SSSR count). The Morgan fingerprint density at radius 1 is 1.71 bits per heavy atom. The van der Waals surface area contributed by atoms with Crippen LogP contribution in [-0.2, 0) is 4.79 Å². The highest BCUT2D eigenvalue weighted by Gasteiger charge is 2.01. The molecule has 2 heteroatoms. The minimum Gasteiger partial charge on any atom is -0.299 e. The second-order valence-corrected chi connectivity index (χ2v) is 2.10. The lowest BCUT2D eigenvalue weighted by atomic mass is 10.1. The van der Waals surface area contributed by atoms with Crippen molar-refractivity contribution in [1.29, 1.82) is 0 Å². The number of carbonyl (C=O) groups excluding carboxylic acids is 1. The van der Waals surface area contributed by atoms with E-state index >= 15 is 0 Å². The Morgan fingerprint density at radius 3 is 2.14 bits per heavy atom. The molecule has 0 aromatic carbocycles. The van der Waals surface area contributed by atoms with Crippen molar-refractivity contribution in [2.45, 2.75) is 13.8 Å². The van der Waals surface area contributed by atoms with Gasteiger partial charge in [-0.1, -0.05) is 13.8 Å². The molecule has 0 aliphatic rings. The van der Waals surface area contributed by atoms with E-state index in [4.69, 9.17) is 0 Å². The van der Waals surface area contributed by atoms with E-state index in [0.717, 1.165) is 0 Å². The second-order valence-electron chi connectivity index (χ2n) is 1.78. The summed E-state index contributed by atoms with van der Waals surface area (Å²) >= 11 is 3.81. The zero-order valence-electron chi connectivity index (χ0n) is 4.64. The Kier molecular flexibility index (Phi) is 3.09. The molecule has 0 N–H and O–H groups in total. The maximum absolute atomic E-state index is 10.4. The Hall–Kier alpha value is 0.0200. The van der Waals surface area contributed by atoms with Crippen LogP contribution in [0, 0.1) is 5.92 Å². The van der Waals surface area contributed by atoms with Gasteiger partial charge in [-0.25, -0.2) is 0 Å². The average Bonchev–Trinajstić information content (AvgIpc) is 1.65. The minimum atomic E-state index is 0.150. The molecule has 0 aromatic heterocycles. The van der Waals surface area contributed by atoms with Crippen molar-refractivity contribution >= 4 is 18.4 Å². The van der Waals surface area contributed by atoms with Crippen molar-refractivity contribution in [3.05, 3.63) is 0 Å². The SMILES string of the molecule is CC(C)C(=O)CS. The summed E-state index contributed by atoms with van der Waals surface area (Å²) in [6.45, 7) is 3.75. The third kappa shape index (κ3) is 2.68. The molecular weight excluding hydrogens is 108 g/mol. The smallest absolute Gasteiger partial charge is 0.144 e. The van der Waals surface area contributed by atoms with Crippen LogP contribution in [0.15, 0.2) is 0 Å². The van der Waals surface area contributed by atoms with E-state index in [-0.39, 0.29) is 11.7 Å². The molecule has 0 bridgehead atoms. The first kappa shape index (κ1) is 7.02. The predicted molar refractivity (Wildman–Crippen MR) is 33.7 cm³/mol. The summed E-state index contributed by atoms with van der Waals surface area (Å²) in [6, 6.07) is 0. The molecule has 0 unspecified atom stereocenters. The van der Waals surface area contributed by atoms with E-state index in [0.29, 0.717) is 5.75 Å². The lowest BCUT2D eigenvalue weighted by molar-refractivity contribution is -0.119. The molecule has 7 heavy (non-hydrogen) atoms. The predicted octanol–water partition coefficient (Wildman–Crippen LogP) is 1.14. The number of rotatable bonds is 2. The third-order valence-electron chi connectivity index (χ3n) is 0.800. The van der Waals surface area contributed by atoms with Gasteiger partial charge in [-0.3, -0.25) is 4.79 Å². The van der Waals surface area contributed by atoms with Crippen LogP contribution >= 0.6 is 12.6 Å². The first-order valence-corrected chi connectivity index (χ1v) is 2.95. The van der Waals surface area contributed by atoms with Crippen molar-refractivity contribution in [2.75, 3.05) is 5.75 Å². The summed E-state index contributed by atoms with van der Waals surface area (Å²) in [4.78, 5) is 10.4. The Balaban J connectivity index is 3.35. The monoisotopic (exact) mass is 118 g/mol. The molecular formula is C5H10OS. The van der Waals surface area contributed by atoms with E-state index in [9.17, 15) is 4.79 Å². The van der Waals surface area contributed by atoms with Crippen LogP contribution in [0.3, 0.4) is 0 Å². The molecule has 0 spiro atoms. The van der Waals surface area contributed by atoms with Gasteiger partial charge >= 0.3 is 0 Å².